The third-order valence-electron chi connectivity index (χ3n) is 0. The fraction of sp³-hybridized carbons (Fsp3) is 0. The molecule has 0 spiro atoms. The average molecular weight is 640 g/mol. The molecular formula is H29B10NaO30. The van der Waals surface area contributed by atoms with Gasteiger partial charge in [-0.3, -0.25) is 0 Å². The Balaban J connectivity index is -0.0000000270. The van der Waals surface area contributed by atoms with Gasteiger partial charge >= 0.3 is 103 Å². The van der Waals surface area contributed by atoms with Crippen molar-refractivity contribution in [1.82, 2.24) is 0 Å². The van der Waals surface area contributed by atoms with Crippen molar-refractivity contribution in [3.05, 3.63) is 0 Å². The van der Waals surface area contributed by atoms with E-state index in [2.05, 4.69) is 0 Å². The Hall–Kier alpha value is 0.449. The van der Waals surface area contributed by atoms with Crippen molar-refractivity contribution in [2.75, 3.05) is 0 Å². The molecule has 0 unspecified atom stereocenters. The van der Waals surface area contributed by atoms with Crippen LogP contribution in [-0.4, -0.2) is 219 Å². The van der Waals surface area contributed by atoms with Gasteiger partial charge in [-0.2, -0.15) is 0 Å². The van der Waals surface area contributed by atoms with Crippen LogP contribution in [0.5, 0.6) is 0 Å². The van der Waals surface area contributed by atoms with Crippen LogP contribution in [0.25, 0.3) is 0 Å². The SMILES string of the molecule is OB(O)O.OB(O)O.OB(O)O.OB(O)O.OB(O)O.OB(O)O.OB(O)O.OB(O)O.OB(O)O.[Na+].[O-]B(O)O. The minimum absolute atomic E-state index is 0. The summed E-state index contributed by atoms with van der Waals surface area (Å²) >= 11 is 0. The molecule has 0 aromatic heterocycles. The van der Waals surface area contributed by atoms with Crippen LogP contribution >= 0.6 is 0 Å². The number of hydrogen-bond donors (Lipinski definition) is 29. The van der Waals surface area contributed by atoms with Gasteiger partial charge in [0.1, 0.15) is 0 Å². The monoisotopic (exact) mass is 642 g/mol. The normalized spacial score (nSPS) is 6.59. The topological polar surface area (TPSA) is 610 Å². The largest absolute Gasteiger partial charge is 1.00 e. The molecule has 0 saturated carbocycles. The second-order valence-corrected chi connectivity index (χ2v) is 3.44. The van der Waals surface area contributed by atoms with Crippen LogP contribution in [-0.2, 0) is 0 Å². The Morgan fingerprint density at radius 1 is 0.195 bits per heavy atom. The van der Waals surface area contributed by atoms with E-state index in [1.807, 2.05) is 0 Å². The Morgan fingerprint density at radius 3 is 0.195 bits per heavy atom. The summed E-state index contributed by atoms with van der Waals surface area (Å²) in [6.07, 6.45) is 0. The Labute approximate surface area is 253 Å². The first-order chi connectivity index (χ1) is 17.3. The molecule has 0 aliphatic rings. The van der Waals surface area contributed by atoms with Crippen molar-refractivity contribution in [1.29, 1.82) is 0 Å². The molecule has 0 saturated heterocycles. The van der Waals surface area contributed by atoms with E-state index in [1.54, 1.807) is 0 Å². The van der Waals surface area contributed by atoms with E-state index >= 15 is 0 Å². The van der Waals surface area contributed by atoms with Crippen molar-refractivity contribution in [3.8, 4) is 0 Å². The molecule has 0 atom stereocenters. The van der Waals surface area contributed by atoms with E-state index < -0.39 is 73.2 Å². The van der Waals surface area contributed by atoms with Gasteiger partial charge in [-0.25, -0.2) is 0 Å². The van der Waals surface area contributed by atoms with E-state index in [1.165, 1.54) is 0 Å². The molecule has 0 bridgehead atoms. The molecule has 41 heteroatoms. The quantitative estimate of drug-likeness (QED) is 0.109. The summed E-state index contributed by atoms with van der Waals surface area (Å²) in [5.74, 6) is 0. The summed E-state index contributed by atoms with van der Waals surface area (Å²) < 4.78 is 0. The van der Waals surface area contributed by atoms with Gasteiger partial charge in [0, 0.05) is 0 Å². The minimum atomic E-state index is -2.42. The first-order valence-electron chi connectivity index (χ1n) is 7.72. The minimum Gasteiger partial charge on any atom is -0.832 e. The molecule has 0 radical (unpaired) electrons. The fourth-order valence-electron chi connectivity index (χ4n) is 0. The number of rotatable bonds is 0. The van der Waals surface area contributed by atoms with Gasteiger partial charge in [-0.15, -0.1) is 0 Å². The third-order valence-corrected chi connectivity index (χ3v) is 0. The molecule has 0 heterocycles. The Bertz CT molecular complexity index is 186. The predicted molar refractivity (Wildman–Crippen MR) is 122 cm³/mol. The van der Waals surface area contributed by atoms with Gasteiger partial charge < -0.3 is 151 Å². The average Bonchev–Trinajstić information content (AvgIpc) is 2.47. The van der Waals surface area contributed by atoms with Crippen LogP contribution < -0.4 is 34.6 Å². The standard InChI is InChI=1S/9BH3O3.BH2O3.Na/c10*2-1(3)4;/h9*2-4H;2-3H;/q;;;;;;;;;-1;+1. The summed E-state index contributed by atoms with van der Waals surface area (Å²) in [5.41, 5.74) is 0. The Kier molecular flexibility index (Phi) is 121. The molecule has 29 N–H and O–H groups in total. The van der Waals surface area contributed by atoms with Crippen LogP contribution in [0, 0.1) is 0 Å². The van der Waals surface area contributed by atoms with Crippen LogP contribution in [0.3, 0.4) is 0 Å². The summed E-state index contributed by atoms with van der Waals surface area (Å²) in [4.78, 5) is 0. The van der Waals surface area contributed by atoms with Crippen molar-refractivity contribution >= 4 is 73.2 Å². The molecular weight excluding hydrogens is 611 g/mol. The van der Waals surface area contributed by atoms with Gasteiger partial charge in [0.25, 0.3) is 0 Å². The van der Waals surface area contributed by atoms with E-state index in [-0.39, 0.29) is 29.6 Å². The van der Waals surface area contributed by atoms with Gasteiger partial charge in [-0.05, 0) is 0 Å². The van der Waals surface area contributed by atoms with E-state index in [9.17, 15) is 0 Å². The van der Waals surface area contributed by atoms with Gasteiger partial charge in [0.2, 0.25) is 0 Å². The molecule has 0 aliphatic carbocycles. The van der Waals surface area contributed by atoms with Crippen LogP contribution in [0.2, 0.25) is 0 Å². The molecule has 0 aromatic rings. The second kappa shape index (κ2) is 67.9. The van der Waals surface area contributed by atoms with Crippen LogP contribution in [0.1, 0.15) is 0 Å². The smallest absolute Gasteiger partial charge is 0.832 e. The van der Waals surface area contributed by atoms with Gasteiger partial charge in [0.05, 0.1) is 0 Å². The zero-order chi connectivity index (χ0) is 35.8. The molecule has 30 nitrogen and oxygen atoms in total. The predicted octanol–water partition coefficient (Wildman–Crippen LogP) is -24.1. The van der Waals surface area contributed by atoms with Crippen molar-refractivity contribution in [3.63, 3.8) is 0 Å². The maximum absolute atomic E-state index is 8.64. The van der Waals surface area contributed by atoms with Crippen molar-refractivity contribution < 1.29 is 180 Å². The van der Waals surface area contributed by atoms with Gasteiger partial charge in [0.15, 0.2) is 0 Å². The third kappa shape index (κ3) is 296000. The van der Waals surface area contributed by atoms with Crippen molar-refractivity contribution in [2.45, 2.75) is 0 Å². The molecule has 41 heavy (non-hydrogen) atoms. The summed E-state index contributed by atoms with van der Waals surface area (Å²) in [6.45, 7) is 0. The molecule has 240 valence electrons. The molecule has 0 amide bonds. The van der Waals surface area contributed by atoms with E-state index in [0.29, 0.717) is 0 Å². The molecule has 0 aliphatic heterocycles. The fourth-order valence-corrected chi connectivity index (χ4v) is 0. The number of hydrogen-bond acceptors (Lipinski definition) is 30. The van der Waals surface area contributed by atoms with Crippen molar-refractivity contribution in [2.24, 2.45) is 0 Å². The van der Waals surface area contributed by atoms with E-state index in [4.69, 9.17) is 151 Å². The summed E-state index contributed by atoms with van der Waals surface area (Å²) in [6, 6.07) is 0. The first-order valence-corrected chi connectivity index (χ1v) is 7.72. The zero-order valence-electron chi connectivity index (χ0n) is 20.2. The summed E-state index contributed by atoms with van der Waals surface area (Å²) in [5, 5.41) is 216. The zero-order valence-corrected chi connectivity index (χ0v) is 22.2. The maximum atomic E-state index is 8.64. The van der Waals surface area contributed by atoms with Gasteiger partial charge in [-0.1, -0.05) is 0 Å². The molecule has 0 rings (SSSR count). The molecule has 0 fully saturated rings. The second-order valence-electron chi connectivity index (χ2n) is 3.44. The van der Waals surface area contributed by atoms with E-state index in [0.717, 1.165) is 0 Å². The maximum Gasteiger partial charge on any atom is 1.00 e. The van der Waals surface area contributed by atoms with Crippen LogP contribution in [0.15, 0.2) is 0 Å². The Morgan fingerprint density at radius 2 is 0.195 bits per heavy atom. The summed E-state index contributed by atoms with van der Waals surface area (Å²) in [7, 11) is -21.9. The first kappa shape index (κ1) is 73.1. The van der Waals surface area contributed by atoms with Crippen LogP contribution in [0.4, 0.5) is 0 Å². The molecule has 0 aromatic carbocycles.